The lowest BCUT2D eigenvalue weighted by molar-refractivity contribution is 0.232. The van der Waals surface area contributed by atoms with Crippen molar-refractivity contribution in [3.63, 3.8) is 0 Å². The van der Waals surface area contributed by atoms with Gasteiger partial charge in [-0.15, -0.1) is 0 Å². The third-order valence-electron chi connectivity index (χ3n) is 5.56. The lowest BCUT2D eigenvalue weighted by Gasteiger charge is -2.37. The Bertz CT molecular complexity index is 596. The fourth-order valence-electron chi connectivity index (χ4n) is 2.84. The monoisotopic (exact) mass is 367 g/mol. The van der Waals surface area contributed by atoms with Gasteiger partial charge in [-0.05, 0) is 68.2 Å². The zero-order valence-electron chi connectivity index (χ0n) is 16.9. The van der Waals surface area contributed by atoms with Crippen LogP contribution in [0.25, 0.3) is 0 Å². The van der Waals surface area contributed by atoms with Gasteiger partial charge in [0.25, 0.3) is 0 Å². The first-order valence-corrected chi connectivity index (χ1v) is 12.1. The van der Waals surface area contributed by atoms with E-state index >= 15 is 0 Å². The van der Waals surface area contributed by atoms with Crippen LogP contribution in [0.4, 0.5) is 4.39 Å². The van der Waals surface area contributed by atoms with Gasteiger partial charge in [-0.2, -0.15) is 0 Å². The summed E-state index contributed by atoms with van der Waals surface area (Å²) in [5.74, 6) is 0.881. The van der Waals surface area contributed by atoms with Gasteiger partial charge in [0.1, 0.15) is 18.2 Å². The molecule has 1 atom stereocenters. The van der Waals surface area contributed by atoms with Crippen molar-refractivity contribution in [2.24, 2.45) is 5.92 Å². The van der Waals surface area contributed by atoms with E-state index in [0.29, 0.717) is 18.3 Å². The number of hydrogen-bond donors (Lipinski definition) is 0. The van der Waals surface area contributed by atoms with E-state index < -0.39 is 8.32 Å². The zero-order valence-corrected chi connectivity index (χ0v) is 17.9. The van der Waals surface area contributed by atoms with Crippen molar-refractivity contribution >= 4 is 8.32 Å². The number of nitrogens with zero attached hydrogens (tertiary/aromatic N) is 1. The average molecular weight is 368 g/mol. The molecule has 1 aromatic carbocycles. The molecule has 0 fully saturated rings. The van der Waals surface area contributed by atoms with Crippen molar-refractivity contribution in [1.29, 1.82) is 0 Å². The number of halogens is 1. The number of rotatable bonds is 7. The van der Waals surface area contributed by atoms with Crippen LogP contribution in [0.1, 0.15) is 31.9 Å². The molecule has 3 nitrogen and oxygen atoms in total. The smallest absolute Gasteiger partial charge is 0.191 e. The molecule has 1 aliphatic carbocycles. The van der Waals surface area contributed by atoms with E-state index in [0.717, 1.165) is 37.1 Å². The van der Waals surface area contributed by atoms with Crippen molar-refractivity contribution in [3.05, 3.63) is 29.1 Å². The Hall–Kier alpha value is -0.913. The Kier molecular flexibility index (Phi) is 6.34. The Balaban J connectivity index is 1.96. The van der Waals surface area contributed by atoms with Gasteiger partial charge in [-0.3, -0.25) is 0 Å². The SMILES string of the molecule is CN(C)CCOc1cc(F)c2c(c1)CC(CO[Si](C)(C)C(C)(C)C)C2. The van der Waals surface area contributed by atoms with Gasteiger partial charge >= 0.3 is 0 Å². The van der Waals surface area contributed by atoms with Gasteiger partial charge in [0.15, 0.2) is 8.32 Å². The molecule has 0 radical (unpaired) electrons. The summed E-state index contributed by atoms with van der Waals surface area (Å²) in [4.78, 5) is 2.05. The second-order valence-corrected chi connectivity index (χ2v) is 13.8. The zero-order chi connectivity index (χ0) is 18.8. The molecule has 1 aromatic rings. The summed E-state index contributed by atoms with van der Waals surface area (Å²) in [5.41, 5.74) is 1.94. The maximum absolute atomic E-state index is 14.5. The average Bonchev–Trinajstić information content (AvgIpc) is 2.87. The maximum Gasteiger partial charge on any atom is 0.191 e. The Morgan fingerprint density at radius 3 is 2.48 bits per heavy atom. The van der Waals surface area contributed by atoms with Crippen LogP contribution in [-0.2, 0) is 17.3 Å². The van der Waals surface area contributed by atoms with E-state index in [1.807, 2.05) is 20.2 Å². The van der Waals surface area contributed by atoms with Crippen LogP contribution in [0.2, 0.25) is 18.1 Å². The summed E-state index contributed by atoms with van der Waals surface area (Å²) in [6.45, 7) is 13.4. The molecule has 142 valence electrons. The number of benzene rings is 1. The minimum absolute atomic E-state index is 0.132. The molecule has 0 N–H and O–H groups in total. The van der Waals surface area contributed by atoms with Crippen LogP contribution in [0.15, 0.2) is 12.1 Å². The maximum atomic E-state index is 14.5. The third-order valence-corrected chi connectivity index (χ3v) is 10.1. The highest BCUT2D eigenvalue weighted by atomic mass is 28.4. The molecule has 0 bridgehead atoms. The number of fused-ring (bicyclic) bond motifs is 1. The van der Waals surface area contributed by atoms with Gasteiger partial charge in [0, 0.05) is 19.2 Å². The van der Waals surface area contributed by atoms with E-state index in [1.54, 1.807) is 0 Å². The summed E-state index contributed by atoms with van der Waals surface area (Å²) < 4.78 is 26.5. The lowest BCUT2D eigenvalue weighted by atomic mass is 10.1. The molecule has 0 aromatic heterocycles. The highest BCUT2D eigenvalue weighted by Gasteiger charge is 2.38. The van der Waals surface area contributed by atoms with Gasteiger partial charge in [-0.25, -0.2) is 4.39 Å². The van der Waals surface area contributed by atoms with Crippen LogP contribution >= 0.6 is 0 Å². The normalized spacial score (nSPS) is 17.9. The summed E-state index contributed by atoms with van der Waals surface area (Å²) in [6.07, 6.45) is 1.65. The molecule has 5 heteroatoms. The lowest BCUT2D eigenvalue weighted by Crippen LogP contribution is -2.42. The molecule has 0 spiro atoms. The summed E-state index contributed by atoms with van der Waals surface area (Å²) in [7, 11) is 2.25. The summed E-state index contributed by atoms with van der Waals surface area (Å²) in [5, 5.41) is 0.206. The molecule has 0 amide bonds. The first kappa shape index (κ1) is 20.4. The van der Waals surface area contributed by atoms with Gasteiger partial charge in [-0.1, -0.05) is 20.8 Å². The molecule has 0 saturated carbocycles. The second kappa shape index (κ2) is 7.76. The molecule has 0 saturated heterocycles. The van der Waals surface area contributed by atoms with Crippen LogP contribution in [0, 0.1) is 11.7 Å². The highest BCUT2D eigenvalue weighted by molar-refractivity contribution is 6.74. The number of ether oxygens (including phenoxy) is 1. The van der Waals surface area contributed by atoms with Crippen LogP contribution in [0.5, 0.6) is 5.75 Å². The van der Waals surface area contributed by atoms with E-state index in [2.05, 4.69) is 38.8 Å². The minimum atomic E-state index is -1.75. The van der Waals surface area contributed by atoms with E-state index in [-0.39, 0.29) is 10.9 Å². The molecule has 25 heavy (non-hydrogen) atoms. The van der Waals surface area contributed by atoms with Gasteiger partial charge in [0.2, 0.25) is 0 Å². The van der Waals surface area contributed by atoms with Crippen molar-refractivity contribution in [2.45, 2.75) is 51.7 Å². The van der Waals surface area contributed by atoms with Gasteiger partial charge in [0.05, 0.1) is 0 Å². The van der Waals surface area contributed by atoms with Crippen molar-refractivity contribution < 1.29 is 13.6 Å². The van der Waals surface area contributed by atoms with Crippen LogP contribution in [0.3, 0.4) is 0 Å². The summed E-state index contributed by atoms with van der Waals surface area (Å²) >= 11 is 0. The molecule has 0 heterocycles. The Labute approximate surface area is 153 Å². The quantitative estimate of drug-likeness (QED) is 0.662. The highest BCUT2D eigenvalue weighted by Crippen LogP contribution is 2.38. The van der Waals surface area contributed by atoms with Crippen molar-refractivity contribution in [2.75, 3.05) is 33.9 Å². The van der Waals surface area contributed by atoms with Gasteiger partial charge < -0.3 is 14.1 Å². The van der Waals surface area contributed by atoms with E-state index in [4.69, 9.17) is 9.16 Å². The Morgan fingerprint density at radius 1 is 1.20 bits per heavy atom. The Morgan fingerprint density at radius 2 is 1.88 bits per heavy atom. The predicted molar refractivity (Wildman–Crippen MR) is 104 cm³/mol. The third kappa shape index (κ3) is 5.28. The second-order valence-electron chi connectivity index (χ2n) is 9.04. The molecule has 1 aliphatic rings. The fourth-order valence-corrected chi connectivity index (χ4v) is 3.92. The molecule has 0 aliphatic heterocycles. The summed E-state index contributed by atoms with van der Waals surface area (Å²) in [6, 6.07) is 3.55. The predicted octanol–water partition coefficient (Wildman–Crippen LogP) is 4.50. The molecular weight excluding hydrogens is 333 g/mol. The molecule has 2 rings (SSSR count). The fraction of sp³-hybridized carbons (Fsp3) is 0.700. The standard InChI is InChI=1S/C20H34FNO2Si/c1-20(2,3)25(6,7)24-14-15-10-16-12-17(23-9-8-22(4)5)13-19(21)18(16)11-15/h12-13,15H,8-11,14H2,1-7H3. The first-order valence-electron chi connectivity index (χ1n) is 9.22. The first-order chi connectivity index (χ1) is 11.5. The van der Waals surface area contributed by atoms with E-state index in [9.17, 15) is 4.39 Å². The van der Waals surface area contributed by atoms with E-state index in [1.165, 1.54) is 6.07 Å². The minimum Gasteiger partial charge on any atom is -0.492 e. The molecule has 1 unspecified atom stereocenters. The van der Waals surface area contributed by atoms with Crippen molar-refractivity contribution in [1.82, 2.24) is 4.90 Å². The molecular formula is C20H34FNO2Si. The van der Waals surface area contributed by atoms with Crippen LogP contribution in [-0.4, -0.2) is 47.1 Å². The topological polar surface area (TPSA) is 21.7 Å². The number of hydrogen-bond acceptors (Lipinski definition) is 3. The van der Waals surface area contributed by atoms with Crippen molar-refractivity contribution in [3.8, 4) is 5.75 Å². The number of likely N-dealkylation sites (N-methyl/N-ethyl adjacent to an activating group) is 1. The van der Waals surface area contributed by atoms with Crippen LogP contribution < -0.4 is 4.74 Å². The largest absolute Gasteiger partial charge is 0.492 e.